The first kappa shape index (κ1) is 19.5. The molecule has 2 aliphatic heterocycles. The Morgan fingerprint density at radius 1 is 1.25 bits per heavy atom. The van der Waals surface area contributed by atoms with Gasteiger partial charge in [-0.2, -0.15) is 0 Å². The number of nitrogens with one attached hydrogen (secondary N) is 2. The maximum atomic E-state index is 5.91. The van der Waals surface area contributed by atoms with Gasteiger partial charge in [-0.05, 0) is 44.5 Å². The molecule has 0 aromatic heterocycles. The molecule has 2 fully saturated rings. The summed E-state index contributed by atoms with van der Waals surface area (Å²) in [7, 11) is 6.02. The van der Waals surface area contributed by atoms with Crippen molar-refractivity contribution in [3.8, 4) is 0 Å². The predicted octanol–water partition coefficient (Wildman–Crippen LogP) is 2.35. The van der Waals surface area contributed by atoms with Gasteiger partial charge in [0.1, 0.15) is 0 Å². The third-order valence-electron chi connectivity index (χ3n) is 4.70. The molecule has 1 aromatic rings. The highest BCUT2D eigenvalue weighted by Gasteiger charge is 2.41. The number of ether oxygens (including phenoxy) is 1. The number of benzene rings is 1. The van der Waals surface area contributed by atoms with Crippen molar-refractivity contribution in [1.82, 2.24) is 15.5 Å². The molecule has 2 saturated heterocycles. The summed E-state index contributed by atoms with van der Waals surface area (Å²) in [4.78, 5) is 6.56. The van der Waals surface area contributed by atoms with Crippen molar-refractivity contribution in [1.29, 1.82) is 0 Å². The lowest BCUT2D eigenvalue weighted by Crippen LogP contribution is -2.47. The van der Waals surface area contributed by atoms with E-state index in [1.807, 2.05) is 7.05 Å². The van der Waals surface area contributed by atoms with Crippen LogP contribution in [0, 0.1) is 0 Å². The minimum Gasteiger partial charge on any atom is -0.373 e. The standard InChI is InChI=1S/C18H28N4O.HI/c1-19-18(21-16-10-15-8-9-17(16)23-15)20-11-13-6-4-5-7-14(13)12-22(2)3;/h4-7,15-17H,8-12H2,1-3H3,(H2,19,20,21);1H. The summed E-state index contributed by atoms with van der Waals surface area (Å²) in [5.41, 5.74) is 2.66. The molecule has 0 saturated carbocycles. The number of halogens is 1. The number of aliphatic imine (C=N–C) groups is 1. The van der Waals surface area contributed by atoms with Crippen LogP contribution in [0.2, 0.25) is 0 Å². The first-order valence-corrected chi connectivity index (χ1v) is 8.50. The molecule has 0 radical (unpaired) electrons. The largest absolute Gasteiger partial charge is 0.373 e. The Bertz CT molecular complexity index is 564. The Hall–Kier alpha value is -0.860. The lowest BCUT2D eigenvalue weighted by molar-refractivity contribution is 0.0992. The molecule has 5 nitrogen and oxygen atoms in total. The van der Waals surface area contributed by atoms with E-state index < -0.39 is 0 Å². The van der Waals surface area contributed by atoms with Gasteiger partial charge in [0.15, 0.2) is 5.96 Å². The maximum absolute atomic E-state index is 5.91. The summed E-state index contributed by atoms with van der Waals surface area (Å²) in [6.45, 7) is 1.73. The molecule has 2 N–H and O–H groups in total. The van der Waals surface area contributed by atoms with E-state index in [9.17, 15) is 0 Å². The lowest BCUT2D eigenvalue weighted by Gasteiger charge is -2.23. The van der Waals surface area contributed by atoms with Crippen LogP contribution in [-0.2, 0) is 17.8 Å². The summed E-state index contributed by atoms with van der Waals surface area (Å²) < 4.78 is 5.91. The van der Waals surface area contributed by atoms with Crippen molar-refractivity contribution in [2.75, 3.05) is 21.1 Å². The third kappa shape index (κ3) is 4.83. The summed E-state index contributed by atoms with van der Waals surface area (Å²) in [5, 5.41) is 6.98. The zero-order chi connectivity index (χ0) is 16.2. The van der Waals surface area contributed by atoms with E-state index in [1.54, 1.807) is 0 Å². The second-order valence-electron chi connectivity index (χ2n) is 6.79. The minimum atomic E-state index is 0. The Labute approximate surface area is 162 Å². The average Bonchev–Trinajstić information content (AvgIpc) is 3.14. The van der Waals surface area contributed by atoms with Crippen molar-refractivity contribution in [3.63, 3.8) is 0 Å². The molecule has 3 rings (SSSR count). The van der Waals surface area contributed by atoms with Crippen LogP contribution in [0.5, 0.6) is 0 Å². The molecular weight excluding hydrogens is 415 g/mol. The third-order valence-corrected chi connectivity index (χ3v) is 4.70. The fraction of sp³-hybridized carbons (Fsp3) is 0.611. The normalized spacial score (nSPS) is 25.7. The van der Waals surface area contributed by atoms with Crippen molar-refractivity contribution < 1.29 is 4.74 Å². The molecule has 6 heteroatoms. The van der Waals surface area contributed by atoms with Gasteiger partial charge >= 0.3 is 0 Å². The fourth-order valence-corrected chi connectivity index (χ4v) is 3.56. The molecule has 134 valence electrons. The van der Waals surface area contributed by atoms with Crippen LogP contribution in [0.25, 0.3) is 0 Å². The zero-order valence-electron chi connectivity index (χ0n) is 14.8. The summed E-state index contributed by atoms with van der Waals surface area (Å²) in [5.74, 6) is 0.866. The molecule has 2 bridgehead atoms. The number of rotatable bonds is 5. The van der Waals surface area contributed by atoms with Crippen LogP contribution >= 0.6 is 24.0 Å². The van der Waals surface area contributed by atoms with Crippen molar-refractivity contribution in [2.24, 2.45) is 4.99 Å². The average molecular weight is 444 g/mol. The molecule has 2 heterocycles. The van der Waals surface area contributed by atoms with Gasteiger partial charge in [-0.15, -0.1) is 24.0 Å². The Kier molecular flexibility index (Phi) is 7.31. The van der Waals surface area contributed by atoms with Crippen molar-refractivity contribution in [2.45, 2.75) is 50.6 Å². The molecular formula is C18H29IN4O. The second kappa shape index (κ2) is 9.01. The number of hydrogen-bond acceptors (Lipinski definition) is 3. The van der Waals surface area contributed by atoms with Crippen LogP contribution in [0.3, 0.4) is 0 Å². The van der Waals surface area contributed by atoms with Crippen molar-refractivity contribution >= 4 is 29.9 Å². The fourth-order valence-electron chi connectivity index (χ4n) is 3.56. The molecule has 0 spiro atoms. The quantitative estimate of drug-likeness (QED) is 0.416. The number of hydrogen-bond donors (Lipinski definition) is 2. The van der Waals surface area contributed by atoms with E-state index in [-0.39, 0.29) is 24.0 Å². The van der Waals surface area contributed by atoms with Gasteiger partial charge < -0.3 is 20.3 Å². The molecule has 2 aliphatic rings. The van der Waals surface area contributed by atoms with Crippen LogP contribution in [0.1, 0.15) is 30.4 Å². The summed E-state index contributed by atoms with van der Waals surface area (Å²) in [6, 6.07) is 8.96. The van der Waals surface area contributed by atoms with Gasteiger partial charge in [0, 0.05) is 20.1 Å². The van der Waals surface area contributed by atoms with Gasteiger partial charge in [0.25, 0.3) is 0 Å². The molecule has 3 unspecified atom stereocenters. The van der Waals surface area contributed by atoms with Crippen LogP contribution in [0.4, 0.5) is 0 Å². The number of guanidine groups is 1. The van der Waals surface area contributed by atoms with Gasteiger partial charge in [-0.1, -0.05) is 24.3 Å². The van der Waals surface area contributed by atoms with Crippen molar-refractivity contribution in [3.05, 3.63) is 35.4 Å². The number of nitrogens with zero attached hydrogens (tertiary/aromatic N) is 2. The van der Waals surface area contributed by atoms with Crippen LogP contribution < -0.4 is 10.6 Å². The van der Waals surface area contributed by atoms with Crippen LogP contribution in [0.15, 0.2) is 29.3 Å². The molecule has 0 aliphatic carbocycles. The molecule has 3 atom stereocenters. The number of fused-ring (bicyclic) bond motifs is 2. The first-order valence-electron chi connectivity index (χ1n) is 8.50. The smallest absolute Gasteiger partial charge is 0.191 e. The van der Waals surface area contributed by atoms with E-state index in [0.29, 0.717) is 18.2 Å². The highest BCUT2D eigenvalue weighted by Crippen LogP contribution is 2.34. The summed E-state index contributed by atoms with van der Waals surface area (Å²) in [6.07, 6.45) is 4.30. The van der Waals surface area contributed by atoms with Gasteiger partial charge in [0.2, 0.25) is 0 Å². The Morgan fingerprint density at radius 2 is 2.00 bits per heavy atom. The zero-order valence-corrected chi connectivity index (χ0v) is 17.1. The van der Waals surface area contributed by atoms with E-state index in [0.717, 1.165) is 25.5 Å². The minimum absolute atomic E-state index is 0. The van der Waals surface area contributed by atoms with Crippen LogP contribution in [-0.4, -0.2) is 50.3 Å². The lowest BCUT2D eigenvalue weighted by atomic mass is 9.96. The van der Waals surface area contributed by atoms with Gasteiger partial charge in [-0.3, -0.25) is 4.99 Å². The molecule has 1 aromatic carbocycles. The molecule has 24 heavy (non-hydrogen) atoms. The maximum Gasteiger partial charge on any atom is 0.191 e. The summed E-state index contributed by atoms with van der Waals surface area (Å²) >= 11 is 0. The SMILES string of the molecule is CN=C(NCc1ccccc1CN(C)C)NC1CC2CCC1O2.I. The molecule has 0 amide bonds. The predicted molar refractivity (Wildman–Crippen MR) is 109 cm³/mol. The van der Waals surface area contributed by atoms with E-state index in [4.69, 9.17) is 4.74 Å². The van der Waals surface area contributed by atoms with E-state index >= 15 is 0 Å². The second-order valence-corrected chi connectivity index (χ2v) is 6.79. The van der Waals surface area contributed by atoms with E-state index in [1.165, 1.54) is 24.0 Å². The Morgan fingerprint density at radius 3 is 2.58 bits per heavy atom. The Balaban J connectivity index is 0.00000208. The van der Waals surface area contributed by atoms with E-state index in [2.05, 4.69) is 58.9 Å². The van der Waals surface area contributed by atoms with Gasteiger partial charge in [0.05, 0.1) is 18.2 Å². The highest BCUT2D eigenvalue weighted by atomic mass is 127. The first-order chi connectivity index (χ1) is 11.2. The van der Waals surface area contributed by atoms with Gasteiger partial charge in [-0.25, -0.2) is 0 Å². The topological polar surface area (TPSA) is 48.9 Å². The monoisotopic (exact) mass is 444 g/mol. The highest BCUT2D eigenvalue weighted by molar-refractivity contribution is 14.0.